The molecule has 0 saturated carbocycles. The molecule has 0 aromatic heterocycles. The second kappa shape index (κ2) is 12.9. The highest BCUT2D eigenvalue weighted by Crippen LogP contribution is 2.26. The van der Waals surface area contributed by atoms with Crippen molar-refractivity contribution in [3.8, 4) is 0 Å². The molecule has 0 unspecified atom stereocenters. The van der Waals surface area contributed by atoms with Gasteiger partial charge in [-0.05, 0) is 82.0 Å². The Bertz CT molecular complexity index is 1370. The molecule has 208 valence electrons. The van der Waals surface area contributed by atoms with Crippen LogP contribution in [0, 0.1) is 20.8 Å². The van der Waals surface area contributed by atoms with Gasteiger partial charge in [0, 0.05) is 12.6 Å². The van der Waals surface area contributed by atoms with Crippen LogP contribution in [0.25, 0.3) is 0 Å². The molecule has 0 aliphatic rings. The van der Waals surface area contributed by atoms with Gasteiger partial charge in [-0.3, -0.25) is 13.9 Å². The molecule has 1 N–H and O–H groups in total. The van der Waals surface area contributed by atoms with E-state index in [1.54, 1.807) is 37.3 Å². The fourth-order valence-electron chi connectivity index (χ4n) is 4.28. The summed E-state index contributed by atoms with van der Waals surface area (Å²) in [5.41, 5.74) is 4.08. The maximum absolute atomic E-state index is 14.0. The van der Waals surface area contributed by atoms with Crippen molar-refractivity contribution in [1.82, 2.24) is 10.2 Å². The second-order valence-electron chi connectivity index (χ2n) is 10.2. The molecule has 39 heavy (non-hydrogen) atoms. The molecule has 3 aromatic carbocycles. The summed E-state index contributed by atoms with van der Waals surface area (Å²) in [4.78, 5) is 28.7. The first-order valence-corrected chi connectivity index (χ1v) is 14.7. The summed E-state index contributed by atoms with van der Waals surface area (Å²) >= 11 is 0. The summed E-state index contributed by atoms with van der Waals surface area (Å²) in [6, 6.07) is 20.4. The quantitative estimate of drug-likeness (QED) is 0.359. The number of hydrogen-bond donors (Lipinski definition) is 1. The van der Waals surface area contributed by atoms with Crippen LogP contribution in [0.1, 0.15) is 49.4 Å². The lowest BCUT2D eigenvalue weighted by atomic mass is 10.1. The highest BCUT2D eigenvalue weighted by Gasteiger charge is 2.32. The molecule has 0 saturated heterocycles. The summed E-state index contributed by atoms with van der Waals surface area (Å²) in [6.07, 6.45) is 0.750. The third-order valence-electron chi connectivity index (χ3n) is 6.75. The van der Waals surface area contributed by atoms with Crippen molar-refractivity contribution in [2.45, 2.75) is 71.5 Å². The lowest BCUT2D eigenvalue weighted by molar-refractivity contribution is -0.139. The summed E-state index contributed by atoms with van der Waals surface area (Å²) < 4.78 is 28.9. The van der Waals surface area contributed by atoms with E-state index in [1.807, 2.05) is 65.0 Å². The van der Waals surface area contributed by atoms with Gasteiger partial charge in [-0.15, -0.1) is 0 Å². The van der Waals surface area contributed by atoms with Crippen LogP contribution in [-0.4, -0.2) is 43.8 Å². The van der Waals surface area contributed by atoms with Gasteiger partial charge in [0.25, 0.3) is 10.0 Å². The molecule has 0 aliphatic carbocycles. The van der Waals surface area contributed by atoms with E-state index in [-0.39, 0.29) is 23.4 Å². The first kappa shape index (κ1) is 29.9. The van der Waals surface area contributed by atoms with Crippen LogP contribution in [0.3, 0.4) is 0 Å². The number of amides is 2. The Labute approximate surface area is 232 Å². The average Bonchev–Trinajstić information content (AvgIpc) is 2.90. The van der Waals surface area contributed by atoms with E-state index in [1.165, 1.54) is 17.0 Å². The van der Waals surface area contributed by atoms with E-state index in [2.05, 4.69) is 5.32 Å². The van der Waals surface area contributed by atoms with E-state index in [9.17, 15) is 18.0 Å². The van der Waals surface area contributed by atoms with Crippen LogP contribution in [0.5, 0.6) is 0 Å². The minimum atomic E-state index is -4.08. The van der Waals surface area contributed by atoms with Gasteiger partial charge in [0.15, 0.2) is 0 Å². The summed E-state index contributed by atoms with van der Waals surface area (Å²) in [7, 11) is -4.08. The number of hydrogen-bond acceptors (Lipinski definition) is 4. The molecular formula is C31H39N3O4S. The molecule has 0 heterocycles. The molecule has 2 amide bonds. The highest BCUT2D eigenvalue weighted by atomic mass is 32.2. The van der Waals surface area contributed by atoms with Crippen molar-refractivity contribution in [3.63, 3.8) is 0 Å². The van der Waals surface area contributed by atoms with E-state index >= 15 is 0 Å². The molecule has 0 radical (unpaired) electrons. The van der Waals surface area contributed by atoms with Gasteiger partial charge >= 0.3 is 0 Å². The number of sulfonamides is 1. The van der Waals surface area contributed by atoms with Gasteiger partial charge in [0.05, 0.1) is 10.6 Å². The molecule has 2 atom stereocenters. The largest absolute Gasteiger partial charge is 0.352 e. The van der Waals surface area contributed by atoms with Crippen molar-refractivity contribution in [2.75, 3.05) is 10.8 Å². The van der Waals surface area contributed by atoms with E-state index in [0.29, 0.717) is 5.69 Å². The van der Waals surface area contributed by atoms with Crippen molar-refractivity contribution >= 4 is 27.5 Å². The Hall–Kier alpha value is -3.65. The SMILES string of the molecule is CC[C@@H](C)NC(=O)[C@@H](C)N(Cc1ccc(C)cc1)C(=O)CN(c1cc(C)cc(C)c1)S(=O)(=O)c1ccccc1. The summed E-state index contributed by atoms with van der Waals surface area (Å²) in [5, 5.41) is 2.95. The minimum absolute atomic E-state index is 0.0542. The molecular weight excluding hydrogens is 510 g/mol. The van der Waals surface area contributed by atoms with Gasteiger partial charge < -0.3 is 10.2 Å². The number of rotatable bonds is 11. The van der Waals surface area contributed by atoms with E-state index in [0.717, 1.165) is 33.0 Å². The molecule has 0 fully saturated rings. The Morgan fingerprint density at radius 3 is 2.00 bits per heavy atom. The third-order valence-corrected chi connectivity index (χ3v) is 8.53. The van der Waals surface area contributed by atoms with Crippen LogP contribution >= 0.6 is 0 Å². The maximum Gasteiger partial charge on any atom is 0.264 e. The first-order chi connectivity index (χ1) is 18.4. The van der Waals surface area contributed by atoms with Crippen LogP contribution in [-0.2, 0) is 26.2 Å². The van der Waals surface area contributed by atoms with Gasteiger partial charge in [-0.25, -0.2) is 8.42 Å². The topological polar surface area (TPSA) is 86.8 Å². The molecule has 8 heteroatoms. The van der Waals surface area contributed by atoms with Gasteiger partial charge in [-0.1, -0.05) is 61.0 Å². The molecule has 3 rings (SSSR count). The Kier molecular flexibility index (Phi) is 9.92. The summed E-state index contributed by atoms with van der Waals surface area (Å²) in [6.45, 7) is 11.0. The van der Waals surface area contributed by atoms with Gasteiger partial charge in [0.1, 0.15) is 12.6 Å². The number of anilines is 1. The molecule has 0 bridgehead atoms. The number of nitrogens with one attached hydrogen (secondary N) is 1. The van der Waals surface area contributed by atoms with Gasteiger partial charge in [0.2, 0.25) is 11.8 Å². The minimum Gasteiger partial charge on any atom is -0.352 e. The smallest absolute Gasteiger partial charge is 0.264 e. The number of benzene rings is 3. The zero-order chi connectivity index (χ0) is 28.7. The third kappa shape index (κ3) is 7.69. The molecule has 7 nitrogen and oxygen atoms in total. The Morgan fingerprint density at radius 1 is 0.846 bits per heavy atom. The number of carbonyl (C=O) groups excluding carboxylic acids is 2. The van der Waals surface area contributed by atoms with E-state index in [4.69, 9.17) is 0 Å². The van der Waals surface area contributed by atoms with Crippen LogP contribution < -0.4 is 9.62 Å². The fraction of sp³-hybridized carbons (Fsp3) is 0.355. The lowest BCUT2D eigenvalue weighted by Gasteiger charge is -2.32. The monoisotopic (exact) mass is 549 g/mol. The average molecular weight is 550 g/mol. The lowest BCUT2D eigenvalue weighted by Crippen LogP contribution is -2.52. The molecule has 0 spiro atoms. The van der Waals surface area contributed by atoms with Crippen molar-refractivity contribution < 1.29 is 18.0 Å². The predicted molar refractivity (Wildman–Crippen MR) is 156 cm³/mol. The number of carbonyl (C=O) groups is 2. The zero-order valence-corrected chi connectivity index (χ0v) is 24.5. The summed E-state index contributed by atoms with van der Waals surface area (Å²) in [5.74, 6) is -0.755. The molecule has 0 aliphatic heterocycles. The van der Waals surface area contributed by atoms with Gasteiger partial charge in [-0.2, -0.15) is 0 Å². The Morgan fingerprint density at radius 2 is 1.44 bits per heavy atom. The van der Waals surface area contributed by atoms with Crippen molar-refractivity contribution in [1.29, 1.82) is 0 Å². The standard InChI is InChI=1S/C31H39N3O4S/c1-7-25(5)32-31(36)26(6)33(20-27-15-13-22(2)14-16-27)30(35)21-34(28-18-23(3)17-24(4)19-28)39(37,38)29-11-9-8-10-12-29/h8-19,25-26H,7,20-21H2,1-6H3,(H,32,36)/t25-,26-/m1/s1. The predicted octanol–water partition coefficient (Wildman–Crippen LogP) is 5.14. The fourth-order valence-corrected chi connectivity index (χ4v) is 5.70. The van der Waals surface area contributed by atoms with Crippen LogP contribution in [0.4, 0.5) is 5.69 Å². The Balaban J connectivity index is 2.04. The van der Waals surface area contributed by atoms with E-state index < -0.39 is 28.5 Å². The highest BCUT2D eigenvalue weighted by molar-refractivity contribution is 7.92. The first-order valence-electron chi connectivity index (χ1n) is 13.2. The van der Waals surface area contributed by atoms with Crippen molar-refractivity contribution in [3.05, 3.63) is 95.1 Å². The van der Waals surface area contributed by atoms with Crippen LogP contribution in [0.2, 0.25) is 0 Å². The number of nitrogens with zero attached hydrogens (tertiary/aromatic N) is 2. The maximum atomic E-state index is 14.0. The number of aryl methyl sites for hydroxylation is 3. The van der Waals surface area contributed by atoms with Crippen LogP contribution in [0.15, 0.2) is 77.7 Å². The zero-order valence-electron chi connectivity index (χ0n) is 23.6. The molecule has 3 aromatic rings. The normalized spacial score (nSPS) is 12.9. The second-order valence-corrected chi connectivity index (χ2v) is 12.0. The van der Waals surface area contributed by atoms with Crippen molar-refractivity contribution in [2.24, 2.45) is 0 Å².